The van der Waals surface area contributed by atoms with Crippen molar-refractivity contribution in [3.05, 3.63) is 54.1 Å². The Morgan fingerprint density at radius 2 is 0.975 bits per heavy atom. The molecule has 226 valence electrons. The molecule has 8 heteroatoms. The third-order valence-corrected chi connectivity index (χ3v) is 6.13. The normalized spacial score (nSPS) is 11.1. The molecule has 0 aliphatic carbocycles. The Morgan fingerprint density at radius 3 is 1.52 bits per heavy atom. The van der Waals surface area contributed by atoms with Crippen molar-refractivity contribution in [3.63, 3.8) is 0 Å². The quantitative estimate of drug-likeness (QED) is 0.110. The molecule has 0 fully saturated rings. The highest BCUT2D eigenvalue weighted by molar-refractivity contribution is 5.51. The summed E-state index contributed by atoms with van der Waals surface area (Å²) in [6, 6.07) is 15.8. The Hall–Kier alpha value is -2.36. The lowest BCUT2D eigenvalue weighted by molar-refractivity contribution is -0.0141. The number of nitrogens with two attached hydrogens (primary N) is 1. The van der Waals surface area contributed by atoms with Crippen LogP contribution in [0.3, 0.4) is 0 Å². The van der Waals surface area contributed by atoms with Crippen LogP contribution < -0.4 is 15.2 Å². The number of anilines is 1. The minimum absolute atomic E-state index is 0.448. The minimum atomic E-state index is 0.448. The topological polar surface area (TPSA) is 90.6 Å². The molecule has 0 aliphatic rings. The summed E-state index contributed by atoms with van der Waals surface area (Å²) in [5.74, 6) is 1.57. The third kappa shape index (κ3) is 18.1. The maximum atomic E-state index is 5.82. The van der Waals surface area contributed by atoms with Crippen molar-refractivity contribution < 1.29 is 33.2 Å². The van der Waals surface area contributed by atoms with Crippen molar-refractivity contribution in [1.82, 2.24) is 0 Å². The Bertz CT molecular complexity index is 834. The van der Waals surface area contributed by atoms with Gasteiger partial charge in [-0.15, -0.1) is 0 Å². The van der Waals surface area contributed by atoms with Crippen LogP contribution in [-0.2, 0) is 30.1 Å². The number of benzene rings is 2. The molecule has 0 aromatic heterocycles. The lowest BCUT2D eigenvalue weighted by Crippen LogP contribution is -2.15. The van der Waals surface area contributed by atoms with E-state index in [-0.39, 0.29) is 0 Å². The lowest BCUT2D eigenvalue weighted by Gasteiger charge is -2.10. The molecule has 2 aromatic rings. The molecular weight excluding hydrogens is 510 g/mol. The van der Waals surface area contributed by atoms with E-state index in [1.54, 1.807) is 0 Å². The number of unbranched alkanes of at least 4 members (excludes halogenated alkanes) is 5. The first-order valence-electron chi connectivity index (χ1n) is 14.9. The van der Waals surface area contributed by atoms with Gasteiger partial charge >= 0.3 is 0 Å². The average molecular weight is 562 g/mol. The Morgan fingerprint density at radius 1 is 0.500 bits per heavy atom. The molecule has 0 unspecified atom stereocenters. The van der Waals surface area contributed by atoms with E-state index < -0.39 is 0 Å². The zero-order valence-electron chi connectivity index (χ0n) is 24.5. The first-order chi connectivity index (χ1) is 19.8. The van der Waals surface area contributed by atoms with Gasteiger partial charge in [0.05, 0.1) is 71.8 Å². The number of para-hydroxylation sites is 2. The third-order valence-electron chi connectivity index (χ3n) is 6.13. The van der Waals surface area contributed by atoms with Gasteiger partial charge in [0.2, 0.25) is 0 Å². The largest absolute Gasteiger partial charge is 0.491 e. The molecule has 0 saturated heterocycles. The van der Waals surface area contributed by atoms with Crippen molar-refractivity contribution >= 4 is 5.69 Å². The number of ether oxygens (including phenoxy) is 7. The summed E-state index contributed by atoms with van der Waals surface area (Å²) in [7, 11) is 0. The fourth-order valence-corrected chi connectivity index (χ4v) is 3.88. The van der Waals surface area contributed by atoms with Gasteiger partial charge in [0.25, 0.3) is 0 Å². The van der Waals surface area contributed by atoms with Crippen LogP contribution in [0.25, 0.3) is 0 Å². The summed E-state index contributed by atoms with van der Waals surface area (Å²) in [4.78, 5) is 0. The van der Waals surface area contributed by atoms with Gasteiger partial charge in [0.1, 0.15) is 24.7 Å². The highest BCUT2D eigenvalue weighted by Gasteiger charge is 2.00. The van der Waals surface area contributed by atoms with Crippen LogP contribution in [0, 0.1) is 0 Å². The predicted octanol–water partition coefficient (Wildman–Crippen LogP) is 5.71. The first kappa shape index (κ1) is 33.8. The highest BCUT2D eigenvalue weighted by atomic mass is 16.6. The van der Waals surface area contributed by atoms with Gasteiger partial charge < -0.3 is 38.9 Å². The summed E-state index contributed by atoms with van der Waals surface area (Å²) < 4.78 is 38.9. The zero-order valence-corrected chi connectivity index (χ0v) is 24.5. The summed E-state index contributed by atoms with van der Waals surface area (Å²) >= 11 is 0. The predicted molar refractivity (Wildman–Crippen MR) is 159 cm³/mol. The van der Waals surface area contributed by atoms with Crippen LogP contribution in [-0.4, -0.2) is 79.3 Å². The van der Waals surface area contributed by atoms with E-state index in [1.807, 2.05) is 24.3 Å². The lowest BCUT2D eigenvalue weighted by atomic mass is 10.0. The number of hydrogen-bond acceptors (Lipinski definition) is 8. The van der Waals surface area contributed by atoms with Crippen molar-refractivity contribution in [2.45, 2.75) is 51.9 Å². The van der Waals surface area contributed by atoms with E-state index in [2.05, 4.69) is 31.2 Å². The van der Waals surface area contributed by atoms with Gasteiger partial charge in [0, 0.05) is 0 Å². The fourth-order valence-electron chi connectivity index (χ4n) is 3.88. The van der Waals surface area contributed by atoms with Crippen LogP contribution in [0.1, 0.15) is 51.0 Å². The molecule has 0 radical (unpaired) electrons. The minimum Gasteiger partial charge on any atom is -0.491 e. The van der Waals surface area contributed by atoms with E-state index in [9.17, 15) is 0 Å². The second-order valence-electron chi connectivity index (χ2n) is 9.46. The van der Waals surface area contributed by atoms with Gasteiger partial charge in [-0.25, -0.2) is 0 Å². The zero-order chi connectivity index (χ0) is 28.4. The number of hydrogen-bond donors (Lipinski definition) is 1. The smallest absolute Gasteiger partial charge is 0.142 e. The SMILES string of the molecule is CCCCCCCCc1ccc(OCCOCCOCCOCCOCCOCCOc2ccccc2N)cc1. The summed E-state index contributed by atoms with van der Waals surface area (Å²) in [6.07, 6.45) is 9.11. The van der Waals surface area contributed by atoms with E-state index in [4.69, 9.17) is 38.9 Å². The van der Waals surface area contributed by atoms with Crippen molar-refractivity contribution in [3.8, 4) is 11.5 Å². The molecule has 0 amide bonds. The van der Waals surface area contributed by atoms with Crippen molar-refractivity contribution in [2.75, 3.05) is 85.0 Å². The van der Waals surface area contributed by atoms with Crippen LogP contribution >= 0.6 is 0 Å². The molecule has 0 saturated carbocycles. The summed E-state index contributed by atoms with van der Waals surface area (Å²) in [5.41, 5.74) is 7.83. The summed E-state index contributed by atoms with van der Waals surface area (Å²) in [6.45, 7) is 8.43. The highest BCUT2D eigenvalue weighted by Crippen LogP contribution is 2.19. The Kier molecular flexibility index (Phi) is 20.7. The van der Waals surface area contributed by atoms with Gasteiger partial charge in [-0.05, 0) is 42.7 Å². The Balaban J connectivity index is 1.26. The van der Waals surface area contributed by atoms with Gasteiger partial charge in [-0.2, -0.15) is 0 Å². The van der Waals surface area contributed by atoms with Gasteiger partial charge in [-0.1, -0.05) is 63.3 Å². The van der Waals surface area contributed by atoms with Gasteiger partial charge in [0.15, 0.2) is 0 Å². The molecule has 2 rings (SSSR count). The monoisotopic (exact) mass is 561 g/mol. The second-order valence-corrected chi connectivity index (χ2v) is 9.46. The standard InChI is InChI=1S/C32H51NO7/c1-2-3-4-5-6-7-10-29-13-15-30(16-14-29)39-27-25-37-23-21-35-19-17-34-18-20-36-22-24-38-26-28-40-32-12-9-8-11-31(32)33/h8-9,11-16H,2-7,10,17-28,33H2,1H3. The molecule has 2 N–H and O–H groups in total. The van der Waals surface area contributed by atoms with E-state index in [0.717, 1.165) is 12.2 Å². The van der Waals surface area contributed by atoms with Crippen LogP contribution in [0.2, 0.25) is 0 Å². The number of rotatable bonds is 27. The van der Waals surface area contributed by atoms with E-state index in [1.165, 1.54) is 44.1 Å². The molecule has 0 aliphatic heterocycles. The molecule has 2 aromatic carbocycles. The van der Waals surface area contributed by atoms with E-state index >= 15 is 0 Å². The fraction of sp³-hybridized carbons (Fsp3) is 0.625. The first-order valence-corrected chi connectivity index (χ1v) is 14.9. The average Bonchev–Trinajstić information content (AvgIpc) is 2.97. The summed E-state index contributed by atoms with van der Waals surface area (Å²) in [5, 5.41) is 0. The molecule has 8 nitrogen and oxygen atoms in total. The molecule has 0 atom stereocenters. The molecule has 0 bridgehead atoms. The Labute approximate surface area is 241 Å². The maximum absolute atomic E-state index is 5.82. The maximum Gasteiger partial charge on any atom is 0.142 e. The molecule has 0 spiro atoms. The molecular formula is C32H51NO7. The van der Waals surface area contributed by atoms with Crippen molar-refractivity contribution in [2.24, 2.45) is 0 Å². The molecule has 40 heavy (non-hydrogen) atoms. The second kappa shape index (κ2) is 24.4. The van der Waals surface area contributed by atoms with Gasteiger partial charge in [-0.3, -0.25) is 0 Å². The molecule has 0 heterocycles. The number of nitrogen functional groups attached to an aromatic ring is 1. The number of aryl methyl sites for hydroxylation is 1. The van der Waals surface area contributed by atoms with E-state index in [0.29, 0.717) is 90.7 Å². The van der Waals surface area contributed by atoms with Crippen LogP contribution in [0.5, 0.6) is 11.5 Å². The van der Waals surface area contributed by atoms with Crippen LogP contribution in [0.15, 0.2) is 48.5 Å². The van der Waals surface area contributed by atoms with Crippen molar-refractivity contribution in [1.29, 1.82) is 0 Å². The van der Waals surface area contributed by atoms with Crippen LogP contribution in [0.4, 0.5) is 5.69 Å².